The average Bonchev–Trinajstić information content (AvgIpc) is 2.80. The summed E-state index contributed by atoms with van der Waals surface area (Å²) >= 11 is 0. The van der Waals surface area contributed by atoms with Crippen molar-refractivity contribution in [3.63, 3.8) is 0 Å². The van der Waals surface area contributed by atoms with E-state index in [1.807, 2.05) is 6.92 Å². The molecular formula is C10H19N5O2. The van der Waals surface area contributed by atoms with Gasteiger partial charge in [0.15, 0.2) is 0 Å². The monoisotopic (exact) mass is 241 g/mol. The highest BCUT2D eigenvalue weighted by Crippen LogP contribution is 1.95. The van der Waals surface area contributed by atoms with Crippen molar-refractivity contribution in [1.82, 2.24) is 25.6 Å². The maximum absolute atomic E-state index is 10.7. The summed E-state index contributed by atoms with van der Waals surface area (Å²) in [6.45, 7) is 4.55. The molecule has 1 heterocycles. The molecule has 1 aromatic heterocycles. The molecule has 17 heavy (non-hydrogen) atoms. The molecule has 0 atom stereocenters. The van der Waals surface area contributed by atoms with E-state index in [2.05, 4.69) is 20.7 Å². The van der Waals surface area contributed by atoms with Crippen molar-refractivity contribution < 1.29 is 9.90 Å². The zero-order chi connectivity index (χ0) is 12.5. The molecule has 0 aromatic carbocycles. The van der Waals surface area contributed by atoms with E-state index in [1.165, 1.54) is 4.90 Å². The summed E-state index contributed by atoms with van der Waals surface area (Å²) in [5.41, 5.74) is 0.950. The Bertz CT molecular complexity index is 315. The van der Waals surface area contributed by atoms with Gasteiger partial charge in [0.05, 0.1) is 11.9 Å². The van der Waals surface area contributed by atoms with Crippen molar-refractivity contribution >= 4 is 6.09 Å². The van der Waals surface area contributed by atoms with Crippen LogP contribution < -0.4 is 5.32 Å². The molecule has 0 saturated carbocycles. The maximum Gasteiger partial charge on any atom is 0.407 e. The third kappa shape index (κ3) is 5.30. The molecule has 0 saturated heterocycles. The van der Waals surface area contributed by atoms with Crippen LogP contribution >= 0.6 is 0 Å². The van der Waals surface area contributed by atoms with E-state index in [0.29, 0.717) is 19.6 Å². The van der Waals surface area contributed by atoms with E-state index >= 15 is 0 Å². The van der Waals surface area contributed by atoms with Gasteiger partial charge in [0, 0.05) is 19.6 Å². The summed E-state index contributed by atoms with van der Waals surface area (Å²) in [5.74, 6) is 0. The predicted octanol–water partition coefficient (Wildman–Crippen LogP) is 0.674. The van der Waals surface area contributed by atoms with Gasteiger partial charge in [-0.25, -0.2) is 4.79 Å². The van der Waals surface area contributed by atoms with Crippen molar-refractivity contribution in [2.24, 2.45) is 0 Å². The lowest BCUT2D eigenvalue weighted by molar-refractivity contribution is 0.147. The summed E-state index contributed by atoms with van der Waals surface area (Å²) in [7, 11) is 0. The van der Waals surface area contributed by atoms with E-state index in [0.717, 1.165) is 25.1 Å². The molecule has 0 unspecified atom stereocenters. The molecule has 1 amide bonds. The van der Waals surface area contributed by atoms with Gasteiger partial charge in [-0.3, -0.25) is 5.10 Å². The van der Waals surface area contributed by atoms with Crippen LogP contribution in [-0.4, -0.2) is 51.1 Å². The van der Waals surface area contributed by atoms with Crippen molar-refractivity contribution in [3.8, 4) is 0 Å². The van der Waals surface area contributed by atoms with Gasteiger partial charge in [-0.05, 0) is 26.3 Å². The largest absolute Gasteiger partial charge is 0.465 e. The molecule has 0 radical (unpaired) electrons. The van der Waals surface area contributed by atoms with Crippen LogP contribution in [0.4, 0.5) is 4.79 Å². The number of carboxylic acid groups (broad SMARTS) is 1. The third-order valence-corrected chi connectivity index (χ3v) is 2.46. The van der Waals surface area contributed by atoms with E-state index in [9.17, 15) is 4.79 Å². The zero-order valence-electron chi connectivity index (χ0n) is 10.0. The number of rotatable bonds is 8. The molecular weight excluding hydrogens is 222 g/mol. The highest BCUT2D eigenvalue weighted by atomic mass is 16.4. The molecule has 7 heteroatoms. The van der Waals surface area contributed by atoms with E-state index < -0.39 is 6.09 Å². The molecule has 0 spiro atoms. The Kier molecular flexibility index (Phi) is 6.02. The van der Waals surface area contributed by atoms with E-state index in [1.54, 1.807) is 6.20 Å². The first-order chi connectivity index (χ1) is 8.24. The van der Waals surface area contributed by atoms with Crippen molar-refractivity contribution in [2.75, 3.05) is 19.6 Å². The number of nitrogens with one attached hydrogen (secondary N) is 2. The fourth-order valence-corrected chi connectivity index (χ4v) is 1.47. The molecule has 96 valence electrons. The van der Waals surface area contributed by atoms with Gasteiger partial charge in [0.2, 0.25) is 0 Å². The Morgan fingerprint density at radius 2 is 2.41 bits per heavy atom. The summed E-state index contributed by atoms with van der Waals surface area (Å²) in [6, 6.07) is 0. The van der Waals surface area contributed by atoms with Crippen molar-refractivity contribution in [1.29, 1.82) is 0 Å². The molecule has 1 aromatic rings. The van der Waals surface area contributed by atoms with Crippen molar-refractivity contribution in [3.05, 3.63) is 11.9 Å². The second-order valence-corrected chi connectivity index (χ2v) is 3.73. The fourth-order valence-electron chi connectivity index (χ4n) is 1.47. The molecule has 3 N–H and O–H groups in total. The number of aromatic nitrogens is 3. The smallest absolute Gasteiger partial charge is 0.407 e. The summed E-state index contributed by atoms with van der Waals surface area (Å²) in [4.78, 5) is 12.1. The van der Waals surface area contributed by atoms with Gasteiger partial charge < -0.3 is 15.3 Å². The topological polar surface area (TPSA) is 94.1 Å². The Morgan fingerprint density at radius 3 is 3.00 bits per heavy atom. The van der Waals surface area contributed by atoms with Crippen LogP contribution in [-0.2, 0) is 6.54 Å². The maximum atomic E-state index is 10.7. The van der Waals surface area contributed by atoms with Crippen LogP contribution in [0, 0.1) is 0 Å². The fraction of sp³-hybridized carbons (Fsp3) is 0.700. The number of amides is 1. The van der Waals surface area contributed by atoms with Crippen LogP contribution in [0.25, 0.3) is 0 Å². The SMILES string of the molecule is CCN(CCCCNCc1cnn[nH]1)C(=O)O. The quantitative estimate of drug-likeness (QED) is 0.582. The molecule has 1 rings (SSSR count). The standard InChI is InChI=1S/C10H19N5O2/c1-2-15(10(16)17)6-4-3-5-11-7-9-8-12-14-13-9/h8,11H,2-7H2,1H3,(H,16,17)(H,12,13,14). The van der Waals surface area contributed by atoms with Gasteiger partial charge in [-0.15, -0.1) is 5.10 Å². The minimum absolute atomic E-state index is 0.544. The summed E-state index contributed by atoms with van der Waals surface area (Å²) in [6.07, 6.45) is 2.65. The Balaban J connectivity index is 1.99. The second-order valence-electron chi connectivity index (χ2n) is 3.73. The molecule has 0 aliphatic carbocycles. The van der Waals surface area contributed by atoms with Crippen LogP contribution in [0.3, 0.4) is 0 Å². The molecule has 0 bridgehead atoms. The predicted molar refractivity (Wildman–Crippen MR) is 62.6 cm³/mol. The summed E-state index contributed by atoms with van der Waals surface area (Å²) in [5, 5.41) is 22.1. The Labute approximate surface area is 100 Å². The number of nitrogens with zero attached hydrogens (tertiary/aromatic N) is 3. The molecule has 7 nitrogen and oxygen atoms in total. The third-order valence-electron chi connectivity index (χ3n) is 2.46. The highest BCUT2D eigenvalue weighted by Gasteiger charge is 2.07. The molecule has 0 aliphatic heterocycles. The van der Waals surface area contributed by atoms with E-state index in [4.69, 9.17) is 5.11 Å². The Hall–Kier alpha value is -1.63. The molecule has 0 aliphatic rings. The number of unbranched alkanes of at least 4 members (excludes halogenated alkanes) is 1. The van der Waals surface area contributed by atoms with Crippen LogP contribution in [0.5, 0.6) is 0 Å². The number of hydrogen-bond acceptors (Lipinski definition) is 4. The van der Waals surface area contributed by atoms with Gasteiger partial charge in [0.1, 0.15) is 0 Å². The van der Waals surface area contributed by atoms with Crippen molar-refractivity contribution in [2.45, 2.75) is 26.3 Å². The first-order valence-corrected chi connectivity index (χ1v) is 5.77. The first-order valence-electron chi connectivity index (χ1n) is 5.77. The zero-order valence-corrected chi connectivity index (χ0v) is 10.0. The number of aromatic amines is 1. The Morgan fingerprint density at radius 1 is 1.59 bits per heavy atom. The van der Waals surface area contributed by atoms with Gasteiger partial charge in [-0.2, -0.15) is 0 Å². The second kappa shape index (κ2) is 7.61. The highest BCUT2D eigenvalue weighted by molar-refractivity contribution is 5.64. The lowest BCUT2D eigenvalue weighted by Gasteiger charge is -2.16. The average molecular weight is 241 g/mol. The van der Waals surface area contributed by atoms with Crippen LogP contribution in [0.15, 0.2) is 6.20 Å². The number of H-pyrrole nitrogens is 1. The lowest BCUT2D eigenvalue weighted by atomic mass is 10.3. The first kappa shape index (κ1) is 13.4. The minimum Gasteiger partial charge on any atom is -0.465 e. The molecule has 0 fully saturated rings. The van der Waals surface area contributed by atoms with Crippen LogP contribution in [0.2, 0.25) is 0 Å². The van der Waals surface area contributed by atoms with Gasteiger partial charge in [0.25, 0.3) is 0 Å². The van der Waals surface area contributed by atoms with Gasteiger partial charge in [-0.1, -0.05) is 5.21 Å². The minimum atomic E-state index is -0.844. The van der Waals surface area contributed by atoms with Gasteiger partial charge >= 0.3 is 6.09 Å². The van der Waals surface area contributed by atoms with Crippen LogP contribution in [0.1, 0.15) is 25.5 Å². The number of carbonyl (C=O) groups is 1. The summed E-state index contributed by atoms with van der Waals surface area (Å²) < 4.78 is 0. The lowest BCUT2D eigenvalue weighted by Crippen LogP contribution is -2.30. The van der Waals surface area contributed by atoms with E-state index in [-0.39, 0.29) is 0 Å². The normalized spacial score (nSPS) is 10.4. The number of hydrogen-bond donors (Lipinski definition) is 3.